The first kappa shape index (κ1) is 35.6. The molecule has 2 aliphatic heterocycles. The van der Waals surface area contributed by atoms with Crippen LogP contribution in [-0.2, 0) is 0 Å². The number of nitrogens with zero attached hydrogens (tertiary/aromatic N) is 2. The zero-order valence-electron chi connectivity index (χ0n) is 33.7. The second kappa shape index (κ2) is 14.7. The first-order chi connectivity index (χ1) is 30.7. The van der Waals surface area contributed by atoms with Crippen molar-refractivity contribution >= 4 is 44.9 Å². The summed E-state index contributed by atoms with van der Waals surface area (Å²) in [6.07, 6.45) is 0. The Hall–Kier alpha value is -8.34. The Bertz CT molecular complexity index is 3040. The van der Waals surface area contributed by atoms with E-state index in [-0.39, 0.29) is 0 Å². The van der Waals surface area contributed by atoms with Crippen molar-refractivity contribution in [3.8, 4) is 67.5 Å². The second-order valence-electron chi connectivity index (χ2n) is 15.7. The molecule has 0 saturated heterocycles. The smallest absolute Gasteiger partial charge is 0.137 e. The number of hydrogen-bond donors (Lipinski definition) is 0. The highest BCUT2D eigenvalue weighted by atomic mass is 16.5. The van der Waals surface area contributed by atoms with Crippen LogP contribution in [0.5, 0.6) is 23.0 Å². The predicted molar refractivity (Wildman–Crippen MR) is 255 cm³/mol. The molecule has 0 amide bonds. The number of ether oxygens (including phenoxy) is 2. The van der Waals surface area contributed by atoms with Crippen molar-refractivity contribution < 1.29 is 9.47 Å². The summed E-state index contributed by atoms with van der Waals surface area (Å²) in [4.78, 5) is 4.57. The van der Waals surface area contributed by atoms with Gasteiger partial charge in [0.25, 0.3) is 0 Å². The highest BCUT2D eigenvalue weighted by Gasteiger charge is 2.29. The largest absolute Gasteiger partial charge is 0.456 e. The Morgan fingerprint density at radius 1 is 0.226 bits per heavy atom. The first-order valence-corrected chi connectivity index (χ1v) is 21.0. The van der Waals surface area contributed by atoms with Gasteiger partial charge in [0, 0.05) is 68.2 Å². The SMILES string of the molecule is c1ccc(-c2ccc(N(c3ccccc3)c3ccc4c(c3)Oc3ccc5c6c(ccc-4c36)-c3ccc(N(c4ccccc4)c4ccc(-c6ccccc6)cc4)cc3O5)cc2)cc1. The van der Waals surface area contributed by atoms with Crippen LogP contribution < -0.4 is 19.3 Å². The van der Waals surface area contributed by atoms with E-state index in [0.29, 0.717) is 0 Å². The van der Waals surface area contributed by atoms with Crippen molar-refractivity contribution in [3.63, 3.8) is 0 Å². The normalized spacial score (nSPS) is 11.8. The van der Waals surface area contributed by atoms with Gasteiger partial charge >= 0.3 is 0 Å². The van der Waals surface area contributed by atoms with E-state index >= 15 is 0 Å². The van der Waals surface area contributed by atoms with E-state index in [1.165, 1.54) is 22.3 Å². The van der Waals surface area contributed by atoms with Crippen molar-refractivity contribution in [1.29, 1.82) is 0 Å². The third-order valence-corrected chi connectivity index (χ3v) is 12.0. The minimum absolute atomic E-state index is 0.819. The van der Waals surface area contributed by atoms with Crippen LogP contribution in [0.2, 0.25) is 0 Å². The van der Waals surface area contributed by atoms with Gasteiger partial charge in [-0.05, 0) is 118 Å². The standard InChI is InChI=1S/C58H38N2O2/c1-5-13-39(14-6-1)41-21-25-45(26-22-41)59(43-17-9-3-10-18-43)47-29-31-49-51-33-34-52-50-32-30-48(38-56(50)62-54-36-35-53(57(51)58(52)54)61-55(49)37-47)60(44-19-11-4-12-20-44)46-27-23-42(24-28-46)40-15-7-2-8-16-40/h1-38H. The summed E-state index contributed by atoms with van der Waals surface area (Å²) in [6.45, 7) is 0. The average Bonchev–Trinajstić information content (AvgIpc) is 3.34. The molecule has 2 heterocycles. The Kier molecular flexibility index (Phi) is 8.46. The van der Waals surface area contributed by atoms with Crippen molar-refractivity contribution in [1.82, 2.24) is 0 Å². The van der Waals surface area contributed by atoms with Gasteiger partial charge < -0.3 is 19.3 Å². The van der Waals surface area contributed by atoms with Gasteiger partial charge in [-0.3, -0.25) is 0 Å². The van der Waals surface area contributed by atoms with E-state index in [2.05, 4.69) is 240 Å². The molecule has 0 fully saturated rings. The summed E-state index contributed by atoms with van der Waals surface area (Å²) in [5.74, 6) is 3.28. The van der Waals surface area contributed by atoms with E-state index in [1.54, 1.807) is 0 Å². The topological polar surface area (TPSA) is 24.9 Å². The zero-order chi connectivity index (χ0) is 41.0. The number of rotatable bonds is 8. The average molecular weight is 795 g/mol. The van der Waals surface area contributed by atoms with Gasteiger partial charge in [-0.15, -0.1) is 0 Å². The maximum atomic E-state index is 6.85. The number of anilines is 6. The minimum Gasteiger partial charge on any atom is -0.456 e. The predicted octanol–water partition coefficient (Wildman–Crippen LogP) is 16.7. The van der Waals surface area contributed by atoms with Gasteiger partial charge in [-0.25, -0.2) is 0 Å². The van der Waals surface area contributed by atoms with Gasteiger partial charge in [0.05, 0.1) is 0 Å². The Morgan fingerprint density at radius 3 is 0.919 bits per heavy atom. The van der Waals surface area contributed by atoms with Gasteiger partial charge in [-0.1, -0.05) is 133 Å². The summed E-state index contributed by atoms with van der Waals surface area (Å²) < 4.78 is 13.7. The Labute approximate surface area is 360 Å². The number of fused-ring (bicyclic) bond motifs is 4. The molecule has 0 saturated carbocycles. The van der Waals surface area contributed by atoms with Crippen LogP contribution >= 0.6 is 0 Å². The fraction of sp³-hybridized carbons (Fsp3) is 0. The molecule has 12 rings (SSSR count). The molecular weight excluding hydrogens is 757 g/mol. The summed E-state index contributed by atoms with van der Waals surface area (Å²) >= 11 is 0. The van der Waals surface area contributed by atoms with Crippen LogP contribution in [0.25, 0.3) is 55.3 Å². The van der Waals surface area contributed by atoms with E-state index < -0.39 is 0 Å². The molecule has 0 N–H and O–H groups in total. The van der Waals surface area contributed by atoms with E-state index in [9.17, 15) is 0 Å². The van der Waals surface area contributed by atoms with Crippen LogP contribution in [0.1, 0.15) is 0 Å². The van der Waals surface area contributed by atoms with Gasteiger partial charge in [-0.2, -0.15) is 0 Å². The zero-order valence-corrected chi connectivity index (χ0v) is 33.7. The molecule has 0 radical (unpaired) electrons. The summed E-state index contributed by atoms with van der Waals surface area (Å²) in [7, 11) is 0. The Morgan fingerprint density at radius 2 is 0.532 bits per heavy atom. The molecule has 10 aromatic carbocycles. The molecule has 4 heteroatoms. The highest BCUT2D eigenvalue weighted by molar-refractivity contribution is 6.14. The molecule has 10 aromatic rings. The van der Waals surface area contributed by atoms with Gasteiger partial charge in [0.1, 0.15) is 23.0 Å². The minimum atomic E-state index is 0.819. The first-order valence-electron chi connectivity index (χ1n) is 21.0. The molecule has 4 nitrogen and oxygen atoms in total. The number of benzene rings is 10. The molecule has 0 unspecified atom stereocenters. The van der Waals surface area contributed by atoms with E-state index in [4.69, 9.17) is 9.47 Å². The van der Waals surface area contributed by atoms with Crippen LogP contribution in [-0.4, -0.2) is 0 Å². The lowest BCUT2D eigenvalue weighted by Crippen LogP contribution is -2.11. The third kappa shape index (κ3) is 6.08. The highest BCUT2D eigenvalue weighted by Crippen LogP contribution is 2.56. The van der Waals surface area contributed by atoms with Crippen molar-refractivity contribution in [2.24, 2.45) is 0 Å². The van der Waals surface area contributed by atoms with Crippen molar-refractivity contribution in [3.05, 3.63) is 231 Å². The van der Waals surface area contributed by atoms with Crippen LogP contribution in [0.15, 0.2) is 231 Å². The molecule has 292 valence electrons. The summed E-state index contributed by atoms with van der Waals surface area (Å²) in [5, 5.41) is 2.13. The number of para-hydroxylation sites is 2. The lowest BCUT2D eigenvalue weighted by Gasteiger charge is -2.30. The van der Waals surface area contributed by atoms with Gasteiger partial charge in [0.15, 0.2) is 0 Å². The molecule has 62 heavy (non-hydrogen) atoms. The quantitative estimate of drug-likeness (QED) is 0.153. The maximum absolute atomic E-state index is 6.85. The monoisotopic (exact) mass is 794 g/mol. The van der Waals surface area contributed by atoms with Crippen LogP contribution in [0.3, 0.4) is 0 Å². The van der Waals surface area contributed by atoms with Crippen molar-refractivity contribution in [2.45, 2.75) is 0 Å². The van der Waals surface area contributed by atoms with Crippen LogP contribution in [0, 0.1) is 0 Å². The van der Waals surface area contributed by atoms with Crippen molar-refractivity contribution in [2.75, 3.05) is 9.80 Å². The molecule has 2 aliphatic rings. The fourth-order valence-corrected chi connectivity index (χ4v) is 9.12. The van der Waals surface area contributed by atoms with Crippen LogP contribution in [0.4, 0.5) is 34.1 Å². The lowest BCUT2D eigenvalue weighted by molar-refractivity contribution is 0.475. The molecule has 0 atom stereocenters. The number of hydrogen-bond acceptors (Lipinski definition) is 4. The summed E-state index contributed by atoms with van der Waals surface area (Å²) in [5.41, 5.74) is 15.4. The molecule has 0 aromatic heterocycles. The van der Waals surface area contributed by atoms with Gasteiger partial charge in [0.2, 0.25) is 0 Å². The Balaban J connectivity index is 0.907. The van der Waals surface area contributed by atoms with E-state index in [0.717, 1.165) is 90.1 Å². The maximum Gasteiger partial charge on any atom is 0.137 e. The summed E-state index contributed by atoms with van der Waals surface area (Å²) in [6, 6.07) is 81.2. The molecule has 0 bridgehead atoms. The molecule has 0 spiro atoms. The molecule has 0 aliphatic carbocycles. The fourth-order valence-electron chi connectivity index (χ4n) is 9.12. The lowest BCUT2D eigenvalue weighted by atomic mass is 9.88. The molecular formula is C58H38N2O2. The van der Waals surface area contributed by atoms with E-state index in [1.807, 2.05) is 0 Å². The second-order valence-corrected chi connectivity index (χ2v) is 15.7. The third-order valence-electron chi connectivity index (χ3n) is 12.0.